The highest BCUT2D eigenvalue weighted by molar-refractivity contribution is 14.0. The Kier molecular flexibility index (Phi) is 8.76. The van der Waals surface area contributed by atoms with Crippen LogP contribution in [0.2, 0.25) is 0 Å². The molecule has 0 radical (unpaired) electrons. The van der Waals surface area contributed by atoms with Gasteiger partial charge in [0, 0.05) is 32.7 Å². The topological polar surface area (TPSA) is 99.8 Å². The van der Waals surface area contributed by atoms with E-state index in [1.54, 1.807) is 19.2 Å². The SMILES string of the molecule is CN=C(NCc1ccc(S(N)(=O)=O)cc1)NC1CCN(CC(F)(F)F)C1.I. The number of nitrogens with zero attached hydrogens (tertiary/aromatic N) is 2. The predicted octanol–water partition coefficient (Wildman–Crippen LogP) is 1.25. The first kappa shape index (κ1) is 23.9. The first-order valence-corrected chi connectivity index (χ1v) is 9.49. The van der Waals surface area contributed by atoms with Gasteiger partial charge in [-0.15, -0.1) is 24.0 Å². The number of hydrogen-bond acceptors (Lipinski definition) is 4. The second kappa shape index (κ2) is 9.89. The van der Waals surface area contributed by atoms with Crippen molar-refractivity contribution in [2.24, 2.45) is 10.1 Å². The number of nitrogens with two attached hydrogens (primary N) is 1. The Morgan fingerprint density at radius 3 is 2.48 bits per heavy atom. The van der Waals surface area contributed by atoms with E-state index in [-0.39, 0.29) is 34.9 Å². The van der Waals surface area contributed by atoms with Gasteiger partial charge < -0.3 is 10.6 Å². The summed E-state index contributed by atoms with van der Waals surface area (Å²) in [6.45, 7) is 0.142. The molecule has 1 saturated heterocycles. The van der Waals surface area contributed by atoms with Crippen molar-refractivity contribution in [3.8, 4) is 0 Å². The predicted molar refractivity (Wildman–Crippen MR) is 107 cm³/mol. The molecule has 0 saturated carbocycles. The molecule has 7 nitrogen and oxygen atoms in total. The Labute approximate surface area is 173 Å². The van der Waals surface area contributed by atoms with Gasteiger partial charge in [0.1, 0.15) is 0 Å². The minimum Gasteiger partial charge on any atom is -0.352 e. The lowest BCUT2D eigenvalue weighted by molar-refractivity contribution is -0.143. The van der Waals surface area contributed by atoms with Crippen LogP contribution in [0.3, 0.4) is 0 Å². The van der Waals surface area contributed by atoms with E-state index in [9.17, 15) is 21.6 Å². The van der Waals surface area contributed by atoms with Crippen molar-refractivity contribution in [3.05, 3.63) is 29.8 Å². The van der Waals surface area contributed by atoms with E-state index in [4.69, 9.17) is 5.14 Å². The molecule has 27 heavy (non-hydrogen) atoms. The van der Waals surface area contributed by atoms with Crippen LogP contribution >= 0.6 is 24.0 Å². The van der Waals surface area contributed by atoms with Crippen LogP contribution in [0.25, 0.3) is 0 Å². The fourth-order valence-electron chi connectivity index (χ4n) is 2.72. The smallest absolute Gasteiger partial charge is 0.352 e. The van der Waals surface area contributed by atoms with Crippen LogP contribution < -0.4 is 15.8 Å². The van der Waals surface area contributed by atoms with E-state index >= 15 is 0 Å². The van der Waals surface area contributed by atoms with Gasteiger partial charge in [0.25, 0.3) is 0 Å². The van der Waals surface area contributed by atoms with E-state index in [1.165, 1.54) is 17.0 Å². The summed E-state index contributed by atoms with van der Waals surface area (Å²) < 4.78 is 59.7. The van der Waals surface area contributed by atoms with E-state index < -0.39 is 22.7 Å². The molecule has 0 bridgehead atoms. The van der Waals surface area contributed by atoms with Crippen molar-refractivity contribution >= 4 is 40.0 Å². The van der Waals surface area contributed by atoms with Gasteiger partial charge in [-0.3, -0.25) is 9.89 Å². The van der Waals surface area contributed by atoms with Gasteiger partial charge in [0.2, 0.25) is 10.0 Å². The zero-order chi connectivity index (χ0) is 19.4. The Morgan fingerprint density at radius 1 is 1.33 bits per heavy atom. The Balaban J connectivity index is 0.00000364. The fraction of sp³-hybridized carbons (Fsp3) is 0.533. The maximum Gasteiger partial charge on any atom is 0.401 e. The highest BCUT2D eigenvalue weighted by Gasteiger charge is 2.34. The number of rotatable bonds is 5. The normalized spacial score (nSPS) is 18.9. The molecule has 154 valence electrons. The van der Waals surface area contributed by atoms with E-state index in [0.29, 0.717) is 32.0 Å². The number of sulfonamides is 1. The minimum absolute atomic E-state index is 0. The number of likely N-dealkylation sites (tertiary alicyclic amines) is 1. The van der Waals surface area contributed by atoms with E-state index in [1.807, 2.05) is 0 Å². The standard InChI is InChI=1S/C15H22F3N5O2S.HI/c1-20-14(22-12-6-7-23(9-12)10-15(16,17)18)21-8-11-2-4-13(5-3-11)26(19,24)25;/h2-5,12H,6-10H2,1H3,(H2,19,24,25)(H2,20,21,22);1H. The van der Waals surface area contributed by atoms with Gasteiger partial charge in [-0.05, 0) is 24.1 Å². The minimum atomic E-state index is -4.20. The molecular formula is C15H23F3IN5O2S. The highest BCUT2D eigenvalue weighted by atomic mass is 127. The molecule has 1 unspecified atom stereocenters. The van der Waals surface area contributed by atoms with Crippen molar-refractivity contribution < 1.29 is 21.6 Å². The van der Waals surface area contributed by atoms with Gasteiger partial charge in [-0.2, -0.15) is 13.2 Å². The number of benzene rings is 1. The van der Waals surface area contributed by atoms with Crippen LogP contribution in [0.1, 0.15) is 12.0 Å². The van der Waals surface area contributed by atoms with Crippen LogP contribution in [0, 0.1) is 0 Å². The molecule has 2 rings (SSSR count). The summed E-state index contributed by atoms with van der Waals surface area (Å²) in [5.41, 5.74) is 0.811. The zero-order valence-electron chi connectivity index (χ0n) is 14.7. The molecule has 1 atom stereocenters. The molecule has 1 aromatic carbocycles. The lowest BCUT2D eigenvalue weighted by Crippen LogP contribution is -2.44. The van der Waals surface area contributed by atoms with Gasteiger partial charge in [-0.25, -0.2) is 13.6 Å². The van der Waals surface area contributed by atoms with E-state index in [0.717, 1.165) is 5.56 Å². The van der Waals surface area contributed by atoms with Gasteiger partial charge in [0.15, 0.2) is 5.96 Å². The molecule has 1 heterocycles. The molecule has 1 aromatic rings. The number of nitrogens with one attached hydrogen (secondary N) is 2. The van der Waals surface area contributed by atoms with Gasteiger partial charge in [-0.1, -0.05) is 12.1 Å². The Hall–Kier alpha value is -1.12. The third kappa shape index (κ3) is 8.19. The summed E-state index contributed by atoms with van der Waals surface area (Å²) in [5, 5.41) is 11.2. The molecule has 0 aliphatic carbocycles. The van der Waals surface area contributed by atoms with Crippen LogP contribution in [0.5, 0.6) is 0 Å². The molecule has 1 fully saturated rings. The van der Waals surface area contributed by atoms with Crippen molar-refractivity contribution in [2.45, 2.75) is 30.1 Å². The molecule has 0 aromatic heterocycles. The molecule has 1 aliphatic rings. The highest BCUT2D eigenvalue weighted by Crippen LogP contribution is 2.19. The number of alkyl halides is 3. The number of hydrogen-bond donors (Lipinski definition) is 3. The van der Waals surface area contributed by atoms with Crippen molar-refractivity contribution in [1.82, 2.24) is 15.5 Å². The number of halogens is 4. The van der Waals surface area contributed by atoms with Crippen molar-refractivity contribution in [3.63, 3.8) is 0 Å². The molecule has 0 amide bonds. The summed E-state index contributed by atoms with van der Waals surface area (Å²) >= 11 is 0. The Morgan fingerprint density at radius 2 is 1.96 bits per heavy atom. The lowest BCUT2D eigenvalue weighted by Gasteiger charge is -2.19. The monoisotopic (exact) mass is 521 g/mol. The van der Waals surface area contributed by atoms with Crippen LogP contribution in [0.15, 0.2) is 34.2 Å². The number of aliphatic imine (C=N–C) groups is 1. The van der Waals surface area contributed by atoms with Crippen LogP contribution in [-0.4, -0.2) is 58.2 Å². The third-order valence-electron chi connectivity index (χ3n) is 3.95. The number of guanidine groups is 1. The summed E-state index contributed by atoms with van der Waals surface area (Å²) in [7, 11) is -2.16. The summed E-state index contributed by atoms with van der Waals surface area (Å²) in [4.78, 5) is 5.45. The maximum atomic E-state index is 12.4. The quantitative estimate of drug-likeness (QED) is 0.308. The van der Waals surface area contributed by atoms with Crippen LogP contribution in [0.4, 0.5) is 13.2 Å². The van der Waals surface area contributed by atoms with Gasteiger partial charge >= 0.3 is 6.18 Å². The molecule has 1 aliphatic heterocycles. The maximum absolute atomic E-state index is 12.4. The summed E-state index contributed by atoms with van der Waals surface area (Å²) in [5.74, 6) is 0.472. The first-order valence-electron chi connectivity index (χ1n) is 7.95. The first-order chi connectivity index (χ1) is 12.1. The summed E-state index contributed by atoms with van der Waals surface area (Å²) in [6.07, 6.45) is -3.60. The molecular weight excluding hydrogens is 498 g/mol. The lowest BCUT2D eigenvalue weighted by atomic mass is 10.2. The summed E-state index contributed by atoms with van der Waals surface area (Å²) in [6, 6.07) is 5.96. The molecule has 12 heteroatoms. The van der Waals surface area contributed by atoms with E-state index in [2.05, 4.69) is 15.6 Å². The largest absolute Gasteiger partial charge is 0.401 e. The molecule has 4 N–H and O–H groups in total. The fourth-order valence-corrected chi connectivity index (χ4v) is 3.23. The van der Waals surface area contributed by atoms with Crippen LogP contribution in [-0.2, 0) is 16.6 Å². The van der Waals surface area contributed by atoms with Gasteiger partial charge in [0.05, 0.1) is 11.4 Å². The number of primary sulfonamides is 1. The third-order valence-corrected chi connectivity index (χ3v) is 4.88. The van der Waals surface area contributed by atoms with Crippen molar-refractivity contribution in [1.29, 1.82) is 0 Å². The Bertz CT molecular complexity index is 741. The second-order valence-corrected chi connectivity index (χ2v) is 7.66. The average molecular weight is 521 g/mol. The van der Waals surface area contributed by atoms with Crippen molar-refractivity contribution in [2.75, 3.05) is 26.7 Å². The average Bonchev–Trinajstić information content (AvgIpc) is 2.96. The molecule has 0 spiro atoms. The zero-order valence-corrected chi connectivity index (χ0v) is 17.8. The second-order valence-electron chi connectivity index (χ2n) is 6.09.